The van der Waals surface area contributed by atoms with Crippen molar-refractivity contribution in [2.45, 2.75) is 31.6 Å². The second kappa shape index (κ2) is 14.6. The van der Waals surface area contributed by atoms with Crippen molar-refractivity contribution in [2.75, 3.05) is 13.1 Å². The van der Waals surface area contributed by atoms with Crippen molar-refractivity contribution in [1.82, 2.24) is 24.4 Å². The largest absolute Gasteiger partial charge is 0.490 e. The van der Waals surface area contributed by atoms with Crippen LogP contribution in [0.1, 0.15) is 24.4 Å². The van der Waals surface area contributed by atoms with Crippen LogP contribution in [-0.4, -0.2) is 54.8 Å². The molecule has 4 aromatic carbocycles. The minimum atomic E-state index is -5.08. The summed E-state index contributed by atoms with van der Waals surface area (Å²) in [5, 5.41) is 7.12. The van der Waals surface area contributed by atoms with E-state index in [1.54, 1.807) is 0 Å². The van der Waals surface area contributed by atoms with Gasteiger partial charge in [-0.15, -0.1) is 0 Å². The third-order valence-electron chi connectivity index (χ3n) is 8.33. The van der Waals surface area contributed by atoms with Crippen molar-refractivity contribution in [3.05, 3.63) is 130 Å². The molecule has 0 atom stereocenters. The number of fused-ring (bicyclic) bond motifs is 1. The first-order valence-corrected chi connectivity index (χ1v) is 16.4. The molecule has 0 amide bonds. The third kappa shape index (κ3) is 8.15. The molecular formula is C37H31BrF3N5O3. The van der Waals surface area contributed by atoms with E-state index in [2.05, 4.69) is 62.2 Å². The number of H-pyrrole nitrogens is 1. The van der Waals surface area contributed by atoms with Gasteiger partial charge in [-0.1, -0.05) is 101 Å². The highest BCUT2D eigenvalue weighted by molar-refractivity contribution is 9.10. The number of nitrogens with one attached hydrogen (secondary N) is 1. The van der Waals surface area contributed by atoms with Crippen LogP contribution in [0, 0.1) is 0 Å². The third-order valence-corrected chi connectivity index (χ3v) is 8.82. The van der Waals surface area contributed by atoms with Crippen LogP contribution in [0.3, 0.4) is 0 Å². The lowest BCUT2D eigenvalue weighted by molar-refractivity contribution is -0.192. The van der Waals surface area contributed by atoms with E-state index in [1.807, 2.05) is 77.5 Å². The predicted molar refractivity (Wildman–Crippen MR) is 186 cm³/mol. The minimum absolute atomic E-state index is 0.0258. The molecule has 12 heteroatoms. The molecule has 49 heavy (non-hydrogen) atoms. The Morgan fingerprint density at radius 1 is 0.816 bits per heavy atom. The molecule has 0 bridgehead atoms. The summed E-state index contributed by atoms with van der Waals surface area (Å²) in [6.07, 6.45) is -1.20. The van der Waals surface area contributed by atoms with E-state index in [0.717, 1.165) is 81.8 Å². The van der Waals surface area contributed by atoms with E-state index in [9.17, 15) is 18.0 Å². The number of halogens is 4. The Labute approximate surface area is 288 Å². The molecule has 1 fully saturated rings. The molecule has 1 saturated heterocycles. The van der Waals surface area contributed by atoms with Crippen LogP contribution in [0.25, 0.3) is 44.8 Å². The fourth-order valence-corrected chi connectivity index (χ4v) is 6.20. The van der Waals surface area contributed by atoms with E-state index in [4.69, 9.17) is 19.9 Å². The molecule has 1 aliphatic rings. The summed E-state index contributed by atoms with van der Waals surface area (Å²) in [5.41, 5.74) is 8.75. The van der Waals surface area contributed by atoms with Crippen molar-refractivity contribution in [3.63, 3.8) is 0 Å². The first-order valence-electron chi connectivity index (χ1n) is 15.6. The van der Waals surface area contributed by atoms with Crippen LogP contribution in [-0.2, 0) is 11.3 Å². The summed E-state index contributed by atoms with van der Waals surface area (Å²) in [6, 6.07) is 35.2. The smallest absolute Gasteiger partial charge is 0.475 e. The van der Waals surface area contributed by atoms with Gasteiger partial charge in [-0.05, 0) is 42.2 Å². The van der Waals surface area contributed by atoms with Crippen LogP contribution in [0.5, 0.6) is 0 Å². The average Bonchev–Trinajstić information content (AvgIpc) is 3.50. The number of hydrogen-bond acceptors (Lipinski definition) is 5. The number of nitrogens with zero attached hydrogens (tertiary/aromatic N) is 4. The van der Waals surface area contributed by atoms with Gasteiger partial charge in [-0.25, -0.2) is 19.6 Å². The van der Waals surface area contributed by atoms with E-state index >= 15 is 0 Å². The average molecular weight is 731 g/mol. The number of alkyl halides is 3. The molecule has 2 N–H and O–H groups in total. The van der Waals surface area contributed by atoms with Crippen LogP contribution in [0.15, 0.2) is 119 Å². The number of hydrogen-bond donors (Lipinski definition) is 2. The first-order chi connectivity index (χ1) is 23.5. The molecule has 8 nitrogen and oxygen atoms in total. The lowest BCUT2D eigenvalue weighted by Crippen LogP contribution is -2.36. The topological polar surface area (TPSA) is 104 Å². The molecule has 0 saturated carbocycles. The van der Waals surface area contributed by atoms with Gasteiger partial charge in [0.2, 0.25) is 0 Å². The summed E-state index contributed by atoms with van der Waals surface area (Å²) in [5.74, 6) is -2.76. The number of aliphatic carboxylic acids is 1. The summed E-state index contributed by atoms with van der Waals surface area (Å²) in [6.45, 7) is 2.79. The van der Waals surface area contributed by atoms with Crippen molar-refractivity contribution >= 4 is 32.9 Å². The summed E-state index contributed by atoms with van der Waals surface area (Å²) in [7, 11) is 0. The van der Waals surface area contributed by atoms with Gasteiger partial charge in [0, 0.05) is 47.5 Å². The highest BCUT2D eigenvalue weighted by Crippen LogP contribution is 2.32. The maximum atomic E-state index is 12.7. The Hall–Kier alpha value is -5.07. The second-order valence-electron chi connectivity index (χ2n) is 11.7. The Bertz CT molecular complexity index is 2110. The molecule has 1 aliphatic heterocycles. The number of piperidine rings is 1. The number of carboxylic acid groups (broad SMARTS) is 1. The number of carbonyl (C=O) groups is 1. The number of carboxylic acids is 1. The Balaban J connectivity index is 0.000000540. The van der Waals surface area contributed by atoms with Crippen LogP contribution < -0.4 is 5.69 Å². The monoisotopic (exact) mass is 729 g/mol. The molecule has 0 unspecified atom stereocenters. The number of aromatic nitrogens is 4. The van der Waals surface area contributed by atoms with Crippen molar-refractivity contribution in [2.24, 2.45) is 0 Å². The zero-order valence-corrected chi connectivity index (χ0v) is 27.7. The number of likely N-dealkylation sites (tertiary alicyclic amines) is 1. The normalized spacial score (nSPS) is 14.0. The van der Waals surface area contributed by atoms with E-state index < -0.39 is 12.1 Å². The zero-order valence-electron chi connectivity index (χ0n) is 26.1. The second-order valence-corrected chi connectivity index (χ2v) is 12.6. The Morgan fingerprint density at radius 3 is 1.96 bits per heavy atom. The van der Waals surface area contributed by atoms with Crippen molar-refractivity contribution in [1.29, 1.82) is 0 Å². The summed E-state index contributed by atoms with van der Waals surface area (Å²) < 4.78 is 34.6. The summed E-state index contributed by atoms with van der Waals surface area (Å²) >= 11 is 3.56. The molecule has 3 heterocycles. The standard InChI is InChI=1S/C35H30BrN5O.C2HF3O2/c36-28-15-16-30-31(21-28)38-33(26-9-5-2-6-10-26)34(37-30)27-13-11-24(12-14-27)22-40-19-17-29(18-20-40)41-23-32(39-35(41)42)25-7-3-1-4-8-25;3-2(4,5)1(6)7/h1-16,21,23,29H,17-20,22H2,(H,39,42);(H,6,7). The maximum absolute atomic E-state index is 12.7. The molecule has 2 aromatic heterocycles. The predicted octanol–water partition coefficient (Wildman–Crippen LogP) is 8.35. The van der Waals surface area contributed by atoms with E-state index in [0.29, 0.717) is 0 Å². The molecule has 0 radical (unpaired) electrons. The minimum Gasteiger partial charge on any atom is -0.475 e. The van der Waals surface area contributed by atoms with Gasteiger partial charge in [0.1, 0.15) is 0 Å². The van der Waals surface area contributed by atoms with Crippen molar-refractivity contribution in [3.8, 4) is 33.8 Å². The van der Waals surface area contributed by atoms with Gasteiger partial charge in [0.05, 0.1) is 28.1 Å². The molecule has 250 valence electrons. The maximum Gasteiger partial charge on any atom is 0.490 e. The van der Waals surface area contributed by atoms with Crippen LogP contribution >= 0.6 is 15.9 Å². The van der Waals surface area contributed by atoms with Crippen molar-refractivity contribution < 1.29 is 23.1 Å². The molecular weight excluding hydrogens is 699 g/mol. The lowest BCUT2D eigenvalue weighted by Gasteiger charge is -2.32. The number of imidazole rings is 1. The molecule has 6 aromatic rings. The fraction of sp³-hybridized carbons (Fsp3) is 0.189. The highest BCUT2D eigenvalue weighted by atomic mass is 79.9. The molecule has 7 rings (SSSR count). The van der Waals surface area contributed by atoms with Gasteiger partial charge >= 0.3 is 17.8 Å². The SMILES string of the molecule is O=C(O)C(F)(F)F.O=c1[nH]c(-c2ccccc2)cn1C1CCN(Cc2ccc(-c3nc4ccc(Br)cc4nc3-c3ccccc3)cc2)CC1. The number of rotatable bonds is 6. The lowest BCUT2D eigenvalue weighted by atomic mass is 10.0. The number of benzene rings is 4. The van der Waals surface area contributed by atoms with E-state index in [-0.39, 0.29) is 11.7 Å². The van der Waals surface area contributed by atoms with Gasteiger partial charge in [-0.3, -0.25) is 9.47 Å². The van der Waals surface area contributed by atoms with Crippen LogP contribution in [0.4, 0.5) is 13.2 Å². The fourth-order valence-electron chi connectivity index (χ4n) is 5.85. The first kappa shape index (κ1) is 33.8. The highest BCUT2D eigenvalue weighted by Gasteiger charge is 2.38. The molecule has 0 spiro atoms. The Kier molecular flexibility index (Phi) is 10.1. The van der Waals surface area contributed by atoms with Crippen LogP contribution in [0.2, 0.25) is 0 Å². The van der Waals surface area contributed by atoms with Gasteiger partial charge in [0.25, 0.3) is 0 Å². The quantitative estimate of drug-likeness (QED) is 0.179. The Morgan fingerprint density at radius 2 is 1.37 bits per heavy atom. The van der Waals surface area contributed by atoms with Gasteiger partial charge in [-0.2, -0.15) is 13.2 Å². The van der Waals surface area contributed by atoms with Gasteiger partial charge in [0.15, 0.2) is 0 Å². The zero-order chi connectivity index (χ0) is 34.5. The van der Waals surface area contributed by atoms with Gasteiger partial charge < -0.3 is 10.1 Å². The summed E-state index contributed by atoms with van der Waals surface area (Å²) in [4.78, 5) is 37.2. The number of aromatic amines is 1. The van der Waals surface area contributed by atoms with E-state index in [1.165, 1.54) is 5.56 Å². The molecule has 0 aliphatic carbocycles.